The summed E-state index contributed by atoms with van der Waals surface area (Å²) in [7, 11) is 0. The topological polar surface area (TPSA) is 50.7 Å². The highest BCUT2D eigenvalue weighted by molar-refractivity contribution is 7.09. The molecule has 0 saturated carbocycles. The number of aryl methyl sites for hydroxylation is 2. The van der Waals surface area contributed by atoms with E-state index in [9.17, 15) is 0 Å². The summed E-state index contributed by atoms with van der Waals surface area (Å²) in [5.41, 5.74) is 3.06. The van der Waals surface area contributed by atoms with E-state index in [-0.39, 0.29) is 0 Å². The molecule has 0 saturated heterocycles. The molecule has 2 heterocycles. The lowest BCUT2D eigenvalue weighted by Gasteiger charge is -2.07. The zero-order valence-electron chi connectivity index (χ0n) is 12.0. The fraction of sp³-hybridized carbons (Fsp3) is 0.188. The molecule has 0 amide bonds. The van der Waals surface area contributed by atoms with E-state index in [2.05, 4.69) is 37.8 Å². The molecule has 3 aromatic rings. The van der Waals surface area contributed by atoms with E-state index >= 15 is 0 Å². The molecule has 0 spiro atoms. The molecule has 1 aromatic carbocycles. The lowest BCUT2D eigenvalue weighted by atomic mass is 10.1. The summed E-state index contributed by atoms with van der Waals surface area (Å²) in [5, 5.41) is 6.46. The number of anilines is 1. The number of thiazole rings is 1. The minimum Gasteiger partial charge on any atom is -0.364 e. The van der Waals surface area contributed by atoms with Gasteiger partial charge in [-0.15, -0.1) is 11.3 Å². The van der Waals surface area contributed by atoms with E-state index in [0.717, 1.165) is 33.6 Å². The predicted octanol–water partition coefficient (Wildman–Crippen LogP) is 3.83. The molecule has 0 aliphatic carbocycles. The lowest BCUT2D eigenvalue weighted by molar-refractivity contribution is 1.00. The van der Waals surface area contributed by atoms with Crippen LogP contribution in [0.1, 0.15) is 16.5 Å². The Kier molecular flexibility index (Phi) is 3.92. The molecular weight excluding hydrogens is 280 g/mol. The maximum atomic E-state index is 4.50. The molecule has 0 aliphatic heterocycles. The lowest BCUT2D eigenvalue weighted by Crippen LogP contribution is -2.04. The van der Waals surface area contributed by atoms with Crippen molar-refractivity contribution < 1.29 is 0 Å². The van der Waals surface area contributed by atoms with Crippen molar-refractivity contribution in [2.45, 2.75) is 20.4 Å². The quantitative estimate of drug-likeness (QED) is 0.795. The molecule has 0 fully saturated rings. The summed E-state index contributed by atoms with van der Waals surface area (Å²) in [6.07, 6.45) is 0. The standard InChI is InChI=1S/C16H16N4S/c1-11-18-15(13-6-4-3-5-7-13)8-16(19-11)17-9-14-10-21-12(2)20-14/h3-8,10H,9H2,1-2H3,(H,17,18,19). The third-order valence-electron chi connectivity index (χ3n) is 3.02. The molecule has 21 heavy (non-hydrogen) atoms. The van der Waals surface area contributed by atoms with Gasteiger partial charge in [0.25, 0.3) is 0 Å². The van der Waals surface area contributed by atoms with Crippen molar-refractivity contribution in [2.24, 2.45) is 0 Å². The van der Waals surface area contributed by atoms with E-state index in [1.807, 2.05) is 38.1 Å². The van der Waals surface area contributed by atoms with Crippen molar-refractivity contribution in [2.75, 3.05) is 5.32 Å². The highest BCUT2D eigenvalue weighted by Gasteiger charge is 2.05. The Balaban J connectivity index is 1.81. The molecule has 106 valence electrons. The maximum absolute atomic E-state index is 4.50. The SMILES string of the molecule is Cc1nc(NCc2csc(C)n2)cc(-c2ccccc2)n1. The van der Waals surface area contributed by atoms with Gasteiger partial charge in [0.15, 0.2) is 0 Å². The summed E-state index contributed by atoms with van der Waals surface area (Å²) < 4.78 is 0. The largest absolute Gasteiger partial charge is 0.364 e. The summed E-state index contributed by atoms with van der Waals surface area (Å²) in [5.74, 6) is 1.58. The van der Waals surface area contributed by atoms with E-state index < -0.39 is 0 Å². The van der Waals surface area contributed by atoms with Gasteiger partial charge in [0.2, 0.25) is 0 Å². The second-order valence-corrected chi connectivity index (χ2v) is 5.83. The molecule has 2 aromatic heterocycles. The van der Waals surface area contributed by atoms with Crippen molar-refractivity contribution in [3.63, 3.8) is 0 Å². The Hall–Kier alpha value is -2.27. The van der Waals surface area contributed by atoms with Crippen LogP contribution >= 0.6 is 11.3 Å². The average molecular weight is 296 g/mol. The predicted molar refractivity (Wildman–Crippen MR) is 86.4 cm³/mol. The van der Waals surface area contributed by atoms with Gasteiger partial charge < -0.3 is 5.32 Å². The van der Waals surface area contributed by atoms with Gasteiger partial charge in [-0.2, -0.15) is 0 Å². The monoisotopic (exact) mass is 296 g/mol. The first-order valence-electron chi connectivity index (χ1n) is 6.77. The Bertz CT molecular complexity index is 737. The molecule has 0 unspecified atom stereocenters. The van der Waals surface area contributed by atoms with Crippen LogP contribution in [0.5, 0.6) is 0 Å². The van der Waals surface area contributed by atoms with E-state index in [4.69, 9.17) is 0 Å². The first-order chi connectivity index (χ1) is 10.2. The van der Waals surface area contributed by atoms with E-state index in [1.54, 1.807) is 11.3 Å². The van der Waals surface area contributed by atoms with Crippen molar-refractivity contribution in [3.05, 3.63) is 58.3 Å². The molecule has 0 aliphatic rings. The van der Waals surface area contributed by atoms with Crippen molar-refractivity contribution in [3.8, 4) is 11.3 Å². The van der Waals surface area contributed by atoms with Crippen LogP contribution in [0.15, 0.2) is 41.8 Å². The van der Waals surface area contributed by atoms with Gasteiger partial charge in [-0.3, -0.25) is 0 Å². The second-order valence-electron chi connectivity index (χ2n) is 4.76. The van der Waals surface area contributed by atoms with E-state index in [1.165, 1.54) is 0 Å². The summed E-state index contributed by atoms with van der Waals surface area (Å²) in [4.78, 5) is 13.4. The fourth-order valence-electron chi connectivity index (χ4n) is 2.09. The average Bonchev–Trinajstić information content (AvgIpc) is 2.91. The molecule has 0 bridgehead atoms. The van der Waals surface area contributed by atoms with Crippen LogP contribution in [0.4, 0.5) is 5.82 Å². The number of nitrogens with zero attached hydrogens (tertiary/aromatic N) is 3. The van der Waals surface area contributed by atoms with Gasteiger partial charge in [0.05, 0.1) is 22.9 Å². The highest BCUT2D eigenvalue weighted by atomic mass is 32.1. The van der Waals surface area contributed by atoms with Crippen LogP contribution < -0.4 is 5.32 Å². The highest BCUT2D eigenvalue weighted by Crippen LogP contribution is 2.20. The number of hydrogen-bond acceptors (Lipinski definition) is 5. The normalized spacial score (nSPS) is 10.6. The summed E-state index contributed by atoms with van der Waals surface area (Å²) in [6, 6.07) is 12.1. The molecule has 0 radical (unpaired) electrons. The molecule has 1 N–H and O–H groups in total. The van der Waals surface area contributed by atoms with Gasteiger partial charge in [-0.05, 0) is 13.8 Å². The molecule has 0 atom stereocenters. The van der Waals surface area contributed by atoms with Gasteiger partial charge in [0, 0.05) is 17.0 Å². The number of aromatic nitrogens is 3. The third-order valence-corrected chi connectivity index (χ3v) is 3.85. The summed E-state index contributed by atoms with van der Waals surface area (Å²) in [6.45, 7) is 4.59. The number of rotatable bonds is 4. The van der Waals surface area contributed by atoms with Crippen LogP contribution in [-0.2, 0) is 6.54 Å². The number of benzene rings is 1. The third kappa shape index (κ3) is 3.44. The minimum absolute atomic E-state index is 0.676. The Morgan fingerprint density at radius 1 is 1.05 bits per heavy atom. The van der Waals surface area contributed by atoms with Crippen molar-refractivity contribution >= 4 is 17.2 Å². The fourth-order valence-corrected chi connectivity index (χ4v) is 2.70. The Morgan fingerprint density at radius 2 is 1.86 bits per heavy atom. The van der Waals surface area contributed by atoms with Crippen molar-refractivity contribution in [1.82, 2.24) is 15.0 Å². The second kappa shape index (κ2) is 6.01. The van der Waals surface area contributed by atoms with Crippen LogP contribution in [0.25, 0.3) is 11.3 Å². The van der Waals surface area contributed by atoms with Crippen LogP contribution in [0.2, 0.25) is 0 Å². The first-order valence-corrected chi connectivity index (χ1v) is 7.64. The zero-order chi connectivity index (χ0) is 14.7. The van der Waals surface area contributed by atoms with Crippen LogP contribution in [0, 0.1) is 13.8 Å². The Morgan fingerprint density at radius 3 is 2.57 bits per heavy atom. The maximum Gasteiger partial charge on any atom is 0.130 e. The molecule has 4 nitrogen and oxygen atoms in total. The smallest absolute Gasteiger partial charge is 0.130 e. The number of nitrogens with one attached hydrogen (secondary N) is 1. The molecule has 5 heteroatoms. The molecule has 3 rings (SSSR count). The van der Waals surface area contributed by atoms with Gasteiger partial charge in [-0.25, -0.2) is 15.0 Å². The van der Waals surface area contributed by atoms with Gasteiger partial charge >= 0.3 is 0 Å². The van der Waals surface area contributed by atoms with E-state index in [0.29, 0.717) is 6.54 Å². The van der Waals surface area contributed by atoms with Crippen LogP contribution in [0.3, 0.4) is 0 Å². The van der Waals surface area contributed by atoms with Gasteiger partial charge in [-0.1, -0.05) is 30.3 Å². The van der Waals surface area contributed by atoms with Gasteiger partial charge in [0.1, 0.15) is 11.6 Å². The number of hydrogen-bond donors (Lipinski definition) is 1. The Labute approximate surface area is 127 Å². The molecular formula is C16H16N4S. The first kappa shape index (κ1) is 13.7. The van der Waals surface area contributed by atoms with Crippen LogP contribution in [-0.4, -0.2) is 15.0 Å². The zero-order valence-corrected chi connectivity index (χ0v) is 12.8. The minimum atomic E-state index is 0.676. The summed E-state index contributed by atoms with van der Waals surface area (Å²) >= 11 is 1.66. The van der Waals surface area contributed by atoms with Crippen molar-refractivity contribution in [1.29, 1.82) is 0 Å².